The lowest BCUT2D eigenvalue weighted by Gasteiger charge is -2.48. The van der Waals surface area contributed by atoms with E-state index in [-0.39, 0.29) is 0 Å². The van der Waals surface area contributed by atoms with Crippen molar-refractivity contribution in [3.05, 3.63) is 12.2 Å². The lowest BCUT2D eigenvalue weighted by molar-refractivity contribution is -0.0242. The molecule has 0 aromatic rings. The normalized spacial score (nSPS) is 39.9. The molecule has 1 fully saturated rings. The molecule has 5 unspecified atom stereocenters. The molecule has 2 aliphatic rings. The Balaban J connectivity index is 2.15. The maximum Gasteiger partial charge on any atom is 0.0464 e. The molecule has 0 heterocycles. The number of aliphatic hydroxyl groups excluding tert-OH is 2. The second-order valence-corrected chi connectivity index (χ2v) is 6.68. The molecule has 2 nitrogen and oxygen atoms in total. The fraction of sp³-hybridized carbons (Fsp3) is 0.875. The summed E-state index contributed by atoms with van der Waals surface area (Å²) >= 11 is 0. The Kier molecular flexibility index (Phi) is 4.85. The van der Waals surface area contributed by atoms with Crippen LogP contribution in [0.15, 0.2) is 12.2 Å². The smallest absolute Gasteiger partial charge is 0.0464 e. The molecule has 18 heavy (non-hydrogen) atoms. The first-order valence-electron chi connectivity index (χ1n) is 7.54. The quantitative estimate of drug-likeness (QED) is 0.755. The van der Waals surface area contributed by atoms with E-state index >= 15 is 0 Å². The van der Waals surface area contributed by atoms with Crippen LogP contribution in [0.3, 0.4) is 0 Å². The van der Waals surface area contributed by atoms with Gasteiger partial charge in [0.2, 0.25) is 0 Å². The van der Waals surface area contributed by atoms with E-state index in [1.807, 2.05) is 0 Å². The molecule has 0 spiro atoms. The maximum absolute atomic E-state index is 9.79. The Bertz CT molecular complexity index is 285. The molecule has 104 valence electrons. The third-order valence-corrected chi connectivity index (χ3v) is 5.12. The van der Waals surface area contributed by atoms with Gasteiger partial charge in [0.05, 0.1) is 0 Å². The molecule has 2 rings (SSSR count). The Labute approximate surface area is 111 Å². The average Bonchev–Trinajstić information content (AvgIpc) is 2.37. The van der Waals surface area contributed by atoms with Gasteiger partial charge in [-0.05, 0) is 61.2 Å². The van der Waals surface area contributed by atoms with E-state index in [9.17, 15) is 10.2 Å². The molecule has 0 amide bonds. The van der Waals surface area contributed by atoms with Crippen LogP contribution in [0.25, 0.3) is 0 Å². The number of aliphatic hydroxyl groups is 2. The molecular weight excluding hydrogens is 224 g/mol. The summed E-state index contributed by atoms with van der Waals surface area (Å²) in [6.45, 7) is 5.16. The van der Waals surface area contributed by atoms with Gasteiger partial charge in [0.15, 0.2) is 0 Å². The molecular formula is C16H28O2. The Morgan fingerprint density at radius 1 is 1.00 bits per heavy atom. The van der Waals surface area contributed by atoms with Gasteiger partial charge in [0.1, 0.15) is 0 Å². The Morgan fingerprint density at radius 2 is 1.67 bits per heavy atom. The SMILES string of the molecule is CC(C)CC1CC(CO)C2CC=CCC2C1CO. The average molecular weight is 252 g/mol. The first kappa shape index (κ1) is 14.1. The lowest BCUT2D eigenvalue weighted by atomic mass is 9.58. The molecule has 2 heteroatoms. The monoisotopic (exact) mass is 252 g/mol. The van der Waals surface area contributed by atoms with Gasteiger partial charge in [-0.2, -0.15) is 0 Å². The van der Waals surface area contributed by atoms with Gasteiger partial charge >= 0.3 is 0 Å². The van der Waals surface area contributed by atoms with E-state index in [2.05, 4.69) is 26.0 Å². The van der Waals surface area contributed by atoms with Gasteiger partial charge in [-0.3, -0.25) is 0 Å². The fourth-order valence-corrected chi connectivity index (χ4v) is 4.35. The van der Waals surface area contributed by atoms with Crippen LogP contribution in [0.1, 0.15) is 39.5 Å². The molecule has 0 aromatic carbocycles. The van der Waals surface area contributed by atoms with Crippen LogP contribution in [0.2, 0.25) is 0 Å². The molecule has 0 bridgehead atoms. The lowest BCUT2D eigenvalue weighted by Crippen LogP contribution is -2.44. The molecule has 0 aromatic heterocycles. The maximum atomic E-state index is 9.79. The van der Waals surface area contributed by atoms with Gasteiger partial charge in [0, 0.05) is 13.2 Å². The summed E-state index contributed by atoms with van der Waals surface area (Å²) in [5.74, 6) is 3.37. The highest BCUT2D eigenvalue weighted by molar-refractivity contribution is 5.02. The minimum atomic E-state index is 0.321. The largest absolute Gasteiger partial charge is 0.396 e. The first-order chi connectivity index (χ1) is 8.67. The van der Waals surface area contributed by atoms with Crippen LogP contribution in [0, 0.1) is 35.5 Å². The van der Waals surface area contributed by atoms with Crippen LogP contribution in [-0.2, 0) is 0 Å². The van der Waals surface area contributed by atoms with Gasteiger partial charge < -0.3 is 10.2 Å². The van der Waals surface area contributed by atoms with Gasteiger partial charge in [-0.15, -0.1) is 0 Å². The third kappa shape index (κ3) is 2.80. The number of hydrogen-bond acceptors (Lipinski definition) is 2. The summed E-state index contributed by atoms with van der Waals surface area (Å²) in [4.78, 5) is 0. The minimum Gasteiger partial charge on any atom is -0.396 e. The van der Waals surface area contributed by atoms with Crippen molar-refractivity contribution in [2.75, 3.05) is 13.2 Å². The van der Waals surface area contributed by atoms with Crippen LogP contribution in [-0.4, -0.2) is 23.4 Å². The molecule has 2 N–H and O–H groups in total. The van der Waals surface area contributed by atoms with Crippen molar-refractivity contribution in [2.45, 2.75) is 39.5 Å². The third-order valence-electron chi connectivity index (χ3n) is 5.12. The van der Waals surface area contributed by atoms with Crippen molar-refractivity contribution in [3.63, 3.8) is 0 Å². The standard InChI is InChI=1S/C16H28O2/c1-11(2)7-12-8-13(9-17)14-5-3-4-6-15(14)16(12)10-18/h3-4,11-18H,5-10H2,1-2H3. The zero-order chi connectivity index (χ0) is 13.1. The molecule has 0 saturated heterocycles. The van der Waals surface area contributed by atoms with E-state index in [0.29, 0.717) is 48.7 Å². The van der Waals surface area contributed by atoms with E-state index in [4.69, 9.17) is 0 Å². The Hall–Kier alpha value is -0.340. The summed E-state index contributed by atoms with van der Waals surface area (Å²) < 4.78 is 0. The number of hydrogen-bond donors (Lipinski definition) is 2. The summed E-state index contributed by atoms with van der Waals surface area (Å²) in [6.07, 6.45) is 9.03. The van der Waals surface area contributed by atoms with E-state index < -0.39 is 0 Å². The zero-order valence-corrected chi connectivity index (χ0v) is 11.8. The van der Waals surface area contributed by atoms with Crippen molar-refractivity contribution in [1.29, 1.82) is 0 Å². The van der Waals surface area contributed by atoms with Crippen molar-refractivity contribution in [2.24, 2.45) is 35.5 Å². The molecule has 2 aliphatic carbocycles. The molecule has 1 saturated carbocycles. The van der Waals surface area contributed by atoms with Crippen LogP contribution >= 0.6 is 0 Å². The summed E-state index contributed by atoms with van der Waals surface area (Å²) in [5, 5.41) is 19.4. The topological polar surface area (TPSA) is 40.5 Å². The molecule has 0 aliphatic heterocycles. The highest BCUT2D eigenvalue weighted by Crippen LogP contribution is 2.48. The number of fused-ring (bicyclic) bond motifs is 1. The van der Waals surface area contributed by atoms with Crippen molar-refractivity contribution >= 4 is 0 Å². The van der Waals surface area contributed by atoms with E-state index in [0.717, 1.165) is 19.3 Å². The van der Waals surface area contributed by atoms with Crippen molar-refractivity contribution in [1.82, 2.24) is 0 Å². The minimum absolute atomic E-state index is 0.321. The van der Waals surface area contributed by atoms with Crippen LogP contribution < -0.4 is 0 Å². The highest BCUT2D eigenvalue weighted by Gasteiger charge is 2.43. The number of rotatable bonds is 4. The number of allylic oxidation sites excluding steroid dienone is 2. The van der Waals surface area contributed by atoms with Crippen LogP contribution in [0.4, 0.5) is 0 Å². The van der Waals surface area contributed by atoms with Crippen LogP contribution in [0.5, 0.6) is 0 Å². The second kappa shape index (κ2) is 6.21. The zero-order valence-electron chi connectivity index (χ0n) is 11.8. The highest BCUT2D eigenvalue weighted by atomic mass is 16.3. The van der Waals surface area contributed by atoms with Crippen molar-refractivity contribution in [3.8, 4) is 0 Å². The molecule has 5 atom stereocenters. The molecule has 0 radical (unpaired) electrons. The second-order valence-electron chi connectivity index (χ2n) is 6.68. The van der Waals surface area contributed by atoms with Crippen molar-refractivity contribution < 1.29 is 10.2 Å². The van der Waals surface area contributed by atoms with E-state index in [1.54, 1.807) is 0 Å². The predicted molar refractivity (Wildman–Crippen MR) is 74.1 cm³/mol. The summed E-state index contributed by atoms with van der Waals surface area (Å²) in [6, 6.07) is 0. The summed E-state index contributed by atoms with van der Waals surface area (Å²) in [5.41, 5.74) is 0. The predicted octanol–water partition coefficient (Wildman–Crippen LogP) is 2.85. The first-order valence-corrected chi connectivity index (χ1v) is 7.54. The van der Waals surface area contributed by atoms with Gasteiger partial charge in [0.25, 0.3) is 0 Å². The van der Waals surface area contributed by atoms with Gasteiger partial charge in [-0.1, -0.05) is 26.0 Å². The Morgan fingerprint density at radius 3 is 2.22 bits per heavy atom. The fourth-order valence-electron chi connectivity index (χ4n) is 4.35. The van der Waals surface area contributed by atoms with E-state index in [1.165, 1.54) is 6.42 Å². The summed E-state index contributed by atoms with van der Waals surface area (Å²) in [7, 11) is 0. The van der Waals surface area contributed by atoms with Gasteiger partial charge in [-0.25, -0.2) is 0 Å².